The van der Waals surface area contributed by atoms with Gasteiger partial charge in [-0.1, -0.05) is 25.0 Å². The summed E-state index contributed by atoms with van der Waals surface area (Å²) in [6.45, 7) is 8.51. The minimum Gasteiger partial charge on any atom is -0.384 e. The summed E-state index contributed by atoms with van der Waals surface area (Å²) in [6, 6.07) is 11.5. The van der Waals surface area contributed by atoms with Crippen molar-refractivity contribution in [2.75, 3.05) is 41.8 Å². The Hall–Kier alpha value is -6.56. The first-order valence-electron chi connectivity index (χ1n) is 20.4. The molecule has 0 aliphatic carbocycles. The number of nitrogens with one attached hydrogen (secondary N) is 4. The fraction of sp³-hybridized carbons (Fsp3) is 0.429. The van der Waals surface area contributed by atoms with Gasteiger partial charge in [0.15, 0.2) is 5.82 Å². The van der Waals surface area contributed by atoms with Crippen molar-refractivity contribution < 1.29 is 28.8 Å². The first-order chi connectivity index (χ1) is 29.0. The monoisotopic (exact) mass is 818 g/mol. The molecule has 1 aromatic carbocycles. The zero-order chi connectivity index (χ0) is 42.5. The van der Waals surface area contributed by atoms with Gasteiger partial charge in [-0.05, 0) is 70.4 Å². The molecule has 1 atom stereocenters. The second-order valence-electron chi connectivity index (χ2n) is 15.3. The van der Waals surface area contributed by atoms with Gasteiger partial charge >= 0.3 is 0 Å². The van der Waals surface area contributed by atoms with E-state index in [1.54, 1.807) is 35.5 Å². The molecule has 3 aliphatic rings. The second kappa shape index (κ2) is 18.1. The van der Waals surface area contributed by atoms with Crippen molar-refractivity contribution in [1.29, 1.82) is 0 Å². The molecule has 6 heterocycles. The summed E-state index contributed by atoms with van der Waals surface area (Å²) in [5.41, 5.74) is 3.66. The van der Waals surface area contributed by atoms with Crippen LogP contribution in [0, 0.1) is 0 Å². The Balaban J connectivity index is 0.866. The topological polar surface area (TPSA) is 217 Å². The van der Waals surface area contributed by atoms with E-state index in [9.17, 15) is 28.8 Å². The molecule has 18 nitrogen and oxygen atoms in total. The van der Waals surface area contributed by atoms with Crippen LogP contribution in [0.15, 0.2) is 48.8 Å². The largest absolute Gasteiger partial charge is 0.384 e. The van der Waals surface area contributed by atoms with Crippen LogP contribution in [0.2, 0.25) is 0 Å². The number of nitrogens with zero attached hydrogens (tertiary/aromatic N) is 8. The van der Waals surface area contributed by atoms with Crippen molar-refractivity contribution >= 4 is 52.8 Å². The number of anilines is 3. The molecule has 0 radical (unpaired) electrons. The van der Waals surface area contributed by atoms with Gasteiger partial charge in [0.1, 0.15) is 29.7 Å². The van der Waals surface area contributed by atoms with Gasteiger partial charge < -0.3 is 25.4 Å². The zero-order valence-corrected chi connectivity index (χ0v) is 34.3. The van der Waals surface area contributed by atoms with Crippen LogP contribution in [-0.2, 0) is 34.0 Å². The number of aromatic nitrogens is 5. The number of carbonyl (C=O) groups excluding carboxylic acids is 6. The number of hydrogen-bond acceptors (Lipinski definition) is 13. The smallest absolute Gasteiger partial charge is 0.264 e. The van der Waals surface area contributed by atoms with E-state index in [-0.39, 0.29) is 61.5 Å². The number of aryl methyl sites for hydroxylation is 1. The van der Waals surface area contributed by atoms with Gasteiger partial charge in [0.25, 0.3) is 17.7 Å². The molecule has 3 aliphatic heterocycles. The lowest BCUT2D eigenvalue weighted by Crippen LogP contribution is -2.54. The summed E-state index contributed by atoms with van der Waals surface area (Å²) in [7, 11) is 1.94. The van der Waals surface area contributed by atoms with E-state index in [1.165, 1.54) is 0 Å². The van der Waals surface area contributed by atoms with Crippen LogP contribution >= 0.6 is 0 Å². The quantitative estimate of drug-likeness (QED) is 0.0840. The fourth-order valence-corrected chi connectivity index (χ4v) is 7.59. The van der Waals surface area contributed by atoms with Gasteiger partial charge in [0.05, 0.1) is 35.5 Å². The van der Waals surface area contributed by atoms with Crippen LogP contribution in [0.5, 0.6) is 0 Å². The number of benzene rings is 1. The number of amides is 6. The van der Waals surface area contributed by atoms with Gasteiger partial charge in [0, 0.05) is 56.9 Å². The molecule has 0 spiro atoms. The highest BCUT2D eigenvalue weighted by molar-refractivity contribution is 6.25. The molecule has 1 fully saturated rings. The molecule has 314 valence electrons. The Morgan fingerprint density at radius 1 is 0.950 bits per heavy atom. The van der Waals surface area contributed by atoms with E-state index in [4.69, 9.17) is 9.97 Å². The molecule has 6 amide bonds. The number of fused-ring (bicyclic) bond motifs is 2. The number of piperidine rings is 1. The predicted molar refractivity (Wildman–Crippen MR) is 222 cm³/mol. The number of unbranched alkanes of at least 4 members (excludes halogenated alkanes) is 3. The van der Waals surface area contributed by atoms with Crippen LogP contribution in [0.4, 0.5) is 17.3 Å². The standard InChI is InChI=1S/C42H50N12O6/c1-5-52-24-46-50-38(52)30-14-11-15-33(47-30)53-23-28-27(40(53)58)20-34(51(4)25(2)3)48-31(28)21-43-22-36(56)45-19-9-7-6-8-18-44-29-13-10-12-26-37(29)42(60)54(41(26)59)32-16-17-35(55)49-39(32)57/h10-15,20,24-25,32,43-44H,5-9,16-19,21-23H2,1-4H3,(H,45,56)(H,49,55,57). The van der Waals surface area contributed by atoms with E-state index in [1.807, 2.05) is 41.6 Å². The predicted octanol–water partition coefficient (Wildman–Crippen LogP) is 3.04. The minimum absolute atomic E-state index is 0.0621. The first kappa shape index (κ1) is 41.6. The van der Waals surface area contributed by atoms with Crippen LogP contribution in [0.25, 0.3) is 11.5 Å². The zero-order valence-electron chi connectivity index (χ0n) is 34.3. The van der Waals surface area contributed by atoms with Crippen molar-refractivity contribution in [3.8, 4) is 11.5 Å². The maximum Gasteiger partial charge on any atom is 0.264 e. The summed E-state index contributed by atoms with van der Waals surface area (Å²) in [6.07, 6.45) is 5.14. The Morgan fingerprint density at radius 2 is 1.73 bits per heavy atom. The summed E-state index contributed by atoms with van der Waals surface area (Å²) >= 11 is 0. The summed E-state index contributed by atoms with van der Waals surface area (Å²) < 4.78 is 1.89. The highest BCUT2D eigenvalue weighted by atomic mass is 16.2. The van der Waals surface area contributed by atoms with E-state index in [2.05, 4.69) is 45.3 Å². The molecule has 1 unspecified atom stereocenters. The number of pyridine rings is 2. The Labute approximate surface area is 347 Å². The van der Waals surface area contributed by atoms with Gasteiger partial charge in [-0.2, -0.15) is 0 Å². The molecule has 60 heavy (non-hydrogen) atoms. The molecule has 4 aromatic rings. The lowest BCUT2D eigenvalue weighted by atomic mass is 10.0. The SMILES string of the molecule is CCn1cnnc1-c1cccc(N2Cc3c(cc(N(C)C(C)C)nc3CNCC(=O)NCCCCCCNc3cccc4c3C(=O)N(C3CCC(=O)NC3=O)C4=O)C2=O)n1. The molecule has 18 heteroatoms. The average Bonchev–Trinajstić information content (AvgIpc) is 3.93. The van der Waals surface area contributed by atoms with E-state index in [0.29, 0.717) is 59.7 Å². The maximum absolute atomic E-state index is 13.9. The third kappa shape index (κ3) is 8.59. The van der Waals surface area contributed by atoms with Crippen LogP contribution in [0.3, 0.4) is 0 Å². The van der Waals surface area contributed by atoms with Gasteiger partial charge in [-0.15, -0.1) is 10.2 Å². The van der Waals surface area contributed by atoms with Crippen molar-refractivity contribution in [2.45, 2.75) is 91.0 Å². The third-order valence-corrected chi connectivity index (χ3v) is 11.1. The normalized spacial score (nSPS) is 16.1. The molecule has 1 saturated heterocycles. The molecule has 0 bridgehead atoms. The lowest BCUT2D eigenvalue weighted by molar-refractivity contribution is -0.136. The van der Waals surface area contributed by atoms with E-state index < -0.39 is 29.7 Å². The summed E-state index contributed by atoms with van der Waals surface area (Å²) in [5.74, 6) is -0.669. The average molecular weight is 819 g/mol. The molecular weight excluding hydrogens is 769 g/mol. The first-order valence-corrected chi connectivity index (χ1v) is 20.4. The molecule has 4 N–H and O–H groups in total. The molecule has 3 aromatic heterocycles. The van der Waals surface area contributed by atoms with Crippen molar-refractivity contribution in [2.24, 2.45) is 0 Å². The van der Waals surface area contributed by atoms with Crippen LogP contribution < -0.4 is 31.1 Å². The van der Waals surface area contributed by atoms with E-state index >= 15 is 0 Å². The molecular formula is C42H50N12O6. The van der Waals surface area contributed by atoms with Crippen LogP contribution in [-0.4, -0.2) is 104 Å². The molecule has 7 rings (SSSR count). The molecule has 0 saturated carbocycles. The second-order valence-corrected chi connectivity index (χ2v) is 15.3. The van der Waals surface area contributed by atoms with Gasteiger partial charge in [0.2, 0.25) is 17.7 Å². The Kier molecular flexibility index (Phi) is 12.6. The Morgan fingerprint density at radius 3 is 2.50 bits per heavy atom. The number of imide groups is 2. The van der Waals surface area contributed by atoms with Crippen LogP contribution in [0.1, 0.15) is 102 Å². The fourth-order valence-electron chi connectivity index (χ4n) is 7.59. The summed E-state index contributed by atoms with van der Waals surface area (Å²) in [5, 5.41) is 19.9. The highest BCUT2D eigenvalue weighted by Gasteiger charge is 2.45. The minimum atomic E-state index is -1.01. The maximum atomic E-state index is 13.9. The van der Waals surface area contributed by atoms with Gasteiger partial charge in [-0.25, -0.2) is 9.97 Å². The third-order valence-electron chi connectivity index (χ3n) is 11.1. The van der Waals surface area contributed by atoms with Crippen molar-refractivity contribution in [3.05, 3.63) is 76.7 Å². The van der Waals surface area contributed by atoms with E-state index in [0.717, 1.165) is 36.1 Å². The Bertz CT molecular complexity index is 2330. The lowest BCUT2D eigenvalue weighted by Gasteiger charge is -2.27. The highest BCUT2D eigenvalue weighted by Crippen LogP contribution is 2.34. The van der Waals surface area contributed by atoms with Crippen molar-refractivity contribution in [1.82, 2.24) is 45.6 Å². The summed E-state index contributed by atoms with van der Waals surface area (Å²) in [4.78, 5) is 91.5. The number of hydrogen-bond donors (Lipinski definition) is 4. The van der Waals surface area contributed by atoms with Crippen molar-refractivity contribution in [3.63, 3.8) is 0 Å². The number of rotatable bonds is 18. The number of carbonyl (C=O) groups is 6. The van der Waals surface area contributed by atoms with Gasteiger partial charge in [-0.3, -0.25) is 43.9 Å².